The van der Waals surface area contributed by atoms with E-state index in [0.717, 1.165) is 0 Å². The van der Waals surface area contributed by atoms with Gasteiger partial charge in [0, 0.05) is 42.5 Å². The van der Waals surface area contributed by atoms with Gasteiger partial charge in [0.15, 0.2) is 0 Å². The Morgan fingerprint density at radius 1 is 1.26 bits per heavy atom. The molecule has 0 unspecified atom stereocenters. The van der Waals surface area contributed by atoms with Crippen LogP contribution in [-0.4, -0.2) is 15.3 Å². The average Bonchev–Trinajstić information content (AvgIpc) is 2.82. The van der Waals surface area contributed by atoms with Gasteiger partial charge < -0.3 is 0 Å². The number of carbonyl (C=O) groups is 1. The summed E-state index contributed by atoms with van der Waals surface area (Å²) >= 11 is 23.8. The Labute approximate surface area is 142 Å². The van der Waals surface area contributed by atoms with Gasteiger partial charge in [0.2, 0.25) is 5.78 Å². The van der Waals surface area contributed by atoms with Crippen molar-refractivity contribution in [1.29, 1.82) is 0 Å². The van der Waals surface area contributed by atoms with Crippen LogP contribution in [0.2, 0.25) is 10.0 Å². The molecule has 0 aliphatic rings. The average molecular weight is 389 g/mol. The second-order valence-corrected chi connectivity index (χ2v) is 5.60. The summed E-state index contributed by atoms with van der Waals surface area (Å²) in [5, 5.41) is 0.618. The number of nitrogens with zero attached hydrogens (tertiary/aromatic N) is 2. The van der Waals surface area contributed by atoms with Gasteiger partial charge in [0.05, 0.1) is 11.3 Å². The van der Waals surface area contributed by atoms with Crippen LogP contribution >= 0.6 is 46.4 Å². The second-order valence-electron chi connectivity index (χ2n) is 3.46. The fraction of sp³-hybridized carbons (Fsp3) is 0.0909. The molecule has 0 spiro atoms. The van der Waals surface area contributed by atoms with E-state index in [-0.39, 0.29) is 30.1 Å². The minimum Gasteiger partial charge on any atom is -0.298 e. The summed E-state index contributed by atoms with van der Waals surface area (Å²) in [4.78, 5) is 16.0. The van der Waals surface area contributed by atoms with E-state index < -0.39 is 10.2 Å². The number of carbonyl (C=O) groups excluding carboxylic acids is 1. The molecule has 3 nitrogen and oxygen atoms in total. The Hall–Kier alpha value is -0.117. The molecule has 1 aromatic heterocycles. The third-order valence-electron chi connectivity index (χ3n) is 2.28. The SMILES string of the molecule is O=C(c1ccc(Cl)cc1Cl)C(Cl)(Cl)n1ccnc1.[Zn]. The molecule has 0 aliphatic carbocycles. The zero-order valence-corrected chi connectivity index (χ0v) is 15.5. The van der Waals surface area contributed by atoms with Crippen molar-refractivity contribution >= 4 is 52.2 Å². The standard InChI is InChI=1S/C11H6Cl4N2O.Zn/c12-7-1-2-8(9(13)5-7)10(18)11(14,15)17-4-3-16-6-17;/h1-6H;. The Bertz CT molecular complexity index is 586. The first-order valence-corrected chi connectivity index (χ1v) is 6.30. The monoisotopic (exact) mass is 386 g/mol. The van der Waals surface area contributed by atoms with Crippen LogP contribution in [0.25, 0.3) is 0 Å². The normalized spacial score (nSPS) is 10.9. The van der Waals surface area contributed by atoms with E-state index in [2.05, 4.69) is 4.98 Å². The molecule has 0 radical (unpaired) electrons. The summed E-state index contributed by atoms with van der Waals surface area (Å²) in [5.41, 5.74) is 0.194. The van der Waals surface area contributed by atoms with Gasteiger partial charge in [-0.2, -0.15) is 0 Å². The molecular weight excluding hydrogens is 383 g/mol. The van der Waals surface area contributed by atoms with Crippen LogP contribution in [0.4, 0.5) is 0 Å². The molecule has 0 atom stereocenters. The summed E-state index contributed by atoms with van der Waals surface area (Å²) < 4.78 is -0.517. The summed E-state index contributed by atoms with van der Waals surface area (Å²) in [7, 11) is 0. The Morgan fingerprint density at radius 3 is 2.47 bits per heavy atom. The molecule has 0 aliphatic heterocycles. The second kappa shape index (κ2) is 6.56. The van der Waals surface area contributed by atoms with Crippen LogP contribution in [0, 0.1) is 0 Å². The summed E-state index contributed by atoms with van der Waals surface area (Å²) in [5.74, 6) is -0.550. The number of halogens is 4. The maximum Gasteiger partial charge on any atom is 0.259 e. The third kappa shape index (κ3) is 3.50. The molecule has 0 saturated carbocycles. The van der Waals surface area contributed by atoms with Crippen LogP contribution in [0.3, 0.4) is 0 Å². The third-order valence-corrected chi connectivity index (χ3v) is 3.56. The smallest absolute Gasteiger partial charge is 0.259 e. The number of hydrogen-bond donors (Lipinski definition) is 0. The maximum absolute atomic E-state index is 12.3. The number of Topliss-reactive ketones (excluding diaryl/α,β-unsaturated/α-hetero) is 1. The predicted octanol–water partition coefficient (Wildman–Crippen LogP) is 4.16. The van der Waals surface area contributed by atoms with E-state index in [1.807, 2.05) is 0 Å². The minimum absolute atomic E-state index is 0. The summed E-state index contributed by atoms with van der Waals surface area (Å²) in [6, 6.07) is 4.47. The molecule has 1 aromatic carbocycles. The van der Waals surface area contributed by atoms with E-state index in [1.54, 1.807) is 6.07 Å². The first kappa shape index (κ1) is 16.9. The summed E-state index contributed by atoms with van der Waals surface area (Å²) in [6.45, 7) is 0. The number of benzene rings is 1. The Morgan fingerprint density at radius 2 is 1.95 bits per heavy atom. The number of ketones is 1. The molecule has 8 heteroatoms. The first-order chi connectivity index (χ1) is 8.43. The largest absolute Gasteiger partial charge is 0.298 e. The van der Waals surface area contributed by atoms with Crippen molar-refractivity contribution in [2.24, 2.45) is 0 Å². The van der Waals surface area contributed by atoms with E-state index in [4.69, 9.17) is 46.4 Å². The number of rotatable bonds is 3. The van der Waals surface area contributed by atoms with Gasteiger partial charge >= 0.3 is 0 Å². The maximum atomic E-state index is 12.3. The van der Waals surface area contributed by atoms with Crippen LogP contribution < -0.4 is 0 Å². The molecule has 2 rings (SSSR count). The molecule has 0 saturated heterocycles. The van der Waals surface area contributed by atoms with Crippen LogP contribution in [0.5, 0.6) is 0 Å². The zero-order chi connectivity index (χ0) is 13.3. The first-order valence-electron chi connectivity index (χ1n) is 4.79. The number of hydrogen-bond acceptors (Lipinski definition) is 2. The van der Waals surface area contributed by atoms with Crippen molar-refractivity contribution in [3.05, 3.63) is 52.5 Å². The van der Waals surface area contributed by atoms with Gasteiger partial charge in [0.1, 0.15) is 0 Å². The van der Waals surface area contributed by atoms with Crippen LogP contribution in [0.1, 0.15) is 10.4 Å². The van der Waals surface area contributed by atoms with E-state index in [9.17, 15) is 4.79 Å². The van der Waals surface area contributed by atoms with Crippen molar-refractivity contribution in [2.75, 3.05) is 0 Å². The molecule has 2 aromatic rings. The van der Waals surface area contributed by atoms with Crippen molar-refractivity contribution in [3.8, 4) is 0 Å². The van der Waals surface area contributed by atoms with E-state index in [1.165, 1.54) is 35.4 Å². The van der Waals surface area contributed by atoms with Gasteiger partial charge in [-0.3, -0.25) is 9.36 Å². The molecule has 0 bridgehead atoms. The van der Waals surface area contributed by atoms with Crippen molar-refractivity contribution in [3.63, 3.8) is 0 Å². The fourth-order valence-electron chi connectivity index (χ4n) is 1.38. The van der Waals surface area contributed by atoms with Gasteiger partial charge in [-0.15, -0.1) is 0 Å². The van der Waals surface area contributed by atoms with Gasteiger partial charge in [-0.05, 0) is 18.2 Å². The molecule has 0 amide bonds. The minimum atomic E-state index is -1.80. The topological polar surface area (TPSA) is 34.9 Å². The molecular formula is C11H6Cl4N2OZn. The van der Waals surface area contributed by atoms with Crippen molar-refractivity contribution in [2.45, 2.75) is 4.46 Å². The Balaban J connectivity index is 0.00000180. The number of alkyl halides is 2. The number of imidazole rings is 1. The van der Waals surface area contributed by atoms with Crippen LogP contribution in [-0.2, 0) is 23.9 Å². The van der Waals surface area contributed by atoms with E-state index >= 15 is 0 Å². The van der Waals surface area contributed by atoms with Crippen molar-refractivity contribution < 1.29 is 24.3 Å². The molecule has 0 fully saturated rings. The van der Waals surface area contributed by atoms with Gasteiger partial charge in [0.25, 0.3) is 4.46 Å². The quantitative estimate of drug-likeness (QED) is 0.449. The van der Waals surface area contributed by atoms with Gasteiger partial charge in [-0.1, -0.05) is 46.4 Å². The van der Waals surface area contributed by atoms with Gasteiger partial charge in [-0.25, -0.2) is 4.98 Å². The molecule has 19 heavy (non-hydrogen) atoms. The van der Waals surface area contributed by atoms with Crippen LogP contribution in [0.15, 0.2) is 36.9 Å². The predicted molar refractivity (Wildman–Crippen MR) is 72.7 cm³/mol. The zero-order valence-electron chi connectivity index (χ0n) is 9.49. The molecule has 96 valence electrons. The molecule has 0 N–H and O–H groups in total. The fourth-order valence-corrected chi connectivity index (χ4v) is 2.28. The molecule has 1 heterocycles. The Kier molecular flexibility index (Phi) is 5.84. The number of aromatic nitrogens is 2. The summed E-state index contributed by atoms with van der Waals surface area (Å²) in [6.07, 6.45) is 4.31. The van der Waals surface area contributed by atoms with Crippen molar-refractivity contribution in [1.82, 2.24) is 9.55 Å². The van der Waals surface area contributed by atoms with E-state index in [0.29, 0.717) is 5.02 Å².